The summed E-state index contributed by atoms with van der Waals surface area (Å²) in [5.74, 6) is -0.949. The van der Waals surface area contributed by atoms with E-state index in [1.807, 2.05) is 19.1 Å². The Morgan fingerprint density at radius 2 is 1.95 bits per heavy atom. The van der Waals surface area contributed by atoms with Crippen molar-refractivity contribution in [1.82, 2.24) is 4.90 Å². The van der Waals surface area contributed by atoms with E-state index in [-0.39, 0.29) is 5.76 Å². The van der Waals surface area contributed by atoms with Gasteiger partial charge in [0.15, 0.2) is 0 Å². The molecule has 1 aliphatic heterocycles. The molecule has 2 heterocycles. The second-order valence-electron chi connectivity index (χ2n) is 5.88. The van der Waals surface area contributed by atoms with Crippen molar-refractivity contribution in [3.63, 3.8) is 0 Å². The highest BCUT2D eigenvalue weighted by Crippen LogP contribution is 2.27. The van der Waals surface area contributed by atoms with Gasteiger partial charge in [0.1, 0.15) is 5.58 Å². The van der Waals surface area contributed by atoms with Gasteiger partial charge in [-0.1, -0.05) is 18.9 Å². The van der Waals surface area contributed by atoms with Crippen molar-refractivity contribution in [2.45, 2.75) is 39.2 Å². The molecular weight excluding hydrogens is 266 g/mol. The average molecular weight is 287 g/mol. The van der Waals surface area contributed by atoms with Gasteiger partial charge in [0.05, 0.1) is 0 Å². The highest BCUT2D eigenvalue weighted by molar-refractivity contribution is 5.95. The predicted octanol–water partition coefficient (Wildman–Crippen LogP) is 3.82. The minimum Gasteiger partial charge on any atom is -0.475 e. The number of aryl methyl sites for hydroxylation is 1. The molecule has 0 radical (unpaired) electrons. The number of furan rings is 1. The van der Waals surface area contributed by atoms with E-state index in [9.17, 15) is 4.79 Å². The van der Waals surface area contributed by atoms with Crippen LogP contribution in [0.25, 0.3) is 11.0 Å². The molecule has 1 aliphatic rings. The molecule has 0 bridgehead atoms. The number of nitrogens with zero attached hydrogens (tertiary/aromatic N) is 1. The minimum absolute atomic E-state index is 0.0527. The van der Waals surface area contributed by atoms with Gasteiger partial charge in [0.25, 0.3) is 0 Å². The molecule has 0 atom stereocenters. The fraction of sp³-hybridized carbons (Fsp3) is 0.471. The average Bonchev–Trinajstić information content (AvgIpc) is 2.64. The van der Waals surface area contributed by atoms with E-state index < -0.39 is 5.97 Å². The third kappa shape index (κ3) is 2.95. The SMILES string of the molecule is Cc1c(C(=O)O)oc2ccc(CN3CCCCCC3)cc12. The second kappa shape index (κ2) is 5.90. The van der Waals surface area contributed by atoms with Crippen LogP contribution in [0.2, 0.25) is 0 Å². The number of aromatic carboxylic acids is 1. The first kappa shape index (κ1) is 14.1. The van der Waals surface area contributed by atoms with Crippen molar-refractivity contribution in [2.75, 3.05) is 13.1 Å². The molecule has 0 amide bonds. The first-order valence-corrected chi connectivity index (χ1v) is 7.63. The van der Waals surface area contributed by atoms with Gasteiger partial charge < -0.3 is 9.52 Å². The number of carboxylic acids is 1. The normalized spacial score (nSPS) is 17.0. The largest absolute Gasteiger partial charge is 0.475 e. The summed E-state index contributed by atoms with van der Waals surface area (Å²) in [4.78, 5) is 13.6. The fourth-order valence-electron chi connectivity index (χ4n) is 3.12. The molecule has 4 nitrogen and oxygen atoms in total. The zero-order valence-electron chi connectivity index (χ0n) is 12.4. The van der Waals surface area contributed by atoms with Crippen LogP contribution >= 0.6 is 0 Å². The monoisotopic (exact) mass is 287 g/mol. The lowest BCUT2D eigenvalue weighted by Crippen LogP contribution is -2.23. The lowest BCUT2D eigenvalue weighted by Gasteiger charge is -2.19. The Labute approximate surface area is 124 Å². The lowest BCUT2D eigenvalue weighted by molar-refractivity contribution is 0.0664. The Kier molecular flexibility index (Phi) is 3.97. The van der Waals surface area contributed by atoms with E-state index in [1.165, 1.54) is 31.2 Å². The molecule has 4 heteroatoms. The van der Waals surface area contributed by atoms with Crippen LogP contribution in [0.15, 0.2) is 22.6 Å². The maximum Gasteiger partial charge on any atom is 0.372 e. The summed E-state index contributed by atoms with van der Waals surface area (Å²) in [6, 6.07) is 6.01. The van der Waals surface area contributed by atoms with Crippen LogP contribution in [-0.4, -0.2) is 29.1 Å². The van der Waals surface area contributed by atoms with Gasteiger partial charge in [-0.2, -0.15) is 0 Å². The maximum absolute atomic E-state index is 11.1. The van der Waals surface area contributed by atoms with Crippen LogP contribution < -0.4 is 0 Å². The molecule has 0 saturated carbocycles. The molecule has 1 N–H and O–H groups in total. The Hall–Kier alpha value is -1.81. The lowest BCUT2D eigenvalue weighted by atomic mass is 10.1. The first-order valence-electron chi connectivity index (χ1n) is 7.63. The van der Waals surface area contributed by atoms with E-state index in [2.05, 4.69) is 11.0 Å². The van der Waals surface area contributed by atoms with Crippen molar-refractivity contribution >= 4 is 16.9 Å². The van der Waals surface area contributed by atoms with Crippen LogP contribution in [0, 0.1) is 6.92 Å². The maximum atomic E-state index is 11.1. The van der Waals surface area contributed by atoms with E-state index in [0.29, 0.717) is 5.58 Å². The number of benzene rings is 1. The standard InChI is InChI=1S/C17H21NO3/c1-12-14-10-13(11-18-8-4-2-3-5-9-18)6-7-15(14)21-16(12)17(19)20/h6-7,10H,2-5,8-9,11H2,1H3,(H,19,20). The van der Waals surface area contributed by atoms with Gasteiger partial charge >= 0.3 is 5.97 Å². The highest BCUT2D eigenvalue weighted by Gasteiger charge is 2.17. The van der Waals surface area contributed by atoms with Crippen LogP contribution in [-0.2, 0) is 6.54 Å². The van der Waals surface area contributed by atoms with E-state index >= 15 is 0 Å². The third-order valence-corrected chi connectivity index (χ3v) is 4.30. The van der Waals surface area contributed by atoms with Crippen LogP contribution in [0.1, 0.15) is 47.4 Å². The Morgan fingerprint density at radius 3 is 2.62 bits per heavy atom. The topological polar surface area (TPSA) is 53.7 Å². The Balaban J connectivity index is 1.86. The van der Waals surface area contributed by atoms with E-state index in [0.717, 1.165) is 30.6 Å². The predicted molar refractivity (Wildman–Crippen MR) is 81.7 cm³/mol. The van der Waals surface area contributed by atoms with Gasteiger partial charge in [0, 0.05) is 17.5 Å². The number of hydrogen-bond donors (Lipinski definition) is 1. The molecule has 21 heavy (non-hydrogen) atoms. The van der Waals surface area contributed by atoms with Crippen LogP contribution in [0.4, 0.5) is 0 Å². The van der Waals surface area contributed by atoms with Gasteiger partial charge in [-0.3, -0.25) is 4.90 Å². The molecular formula is C17H21NO3. The van der Waals surface area contributed by atoms with Crippen LogP contribution in [0.3, 0.4) is 0 Å². The van der Waals surface area contributed by atoms with Gasteiger partial charge in [-0.15, -0.1) is 0 Å². The summed E-state index contributed by atoms with van der Waals surface area (Å²) >= 11 is 0. The zero-order chi connectivity index (χ0) is 14.8. The van der Waals surface area contributed by atoms with E-state index in [1.54, 1.807) is 0 Å². The molecule has 0 spiro atoms. The number of likely N-dealkylation sites (tertiary alicyclic amines) is 1. The molecule has 112 valence electrons. The highest BCUT2D eigenvalue weighted by atomic mass is 16.4. The number of carboxylic acid groups (broad SMARTS) is 1. The first-order chi connectivity index (χ1) is 10.1. The molecule has 1 saturated heterocycles. The molecule has 0 unspecified atom stereocenters. The second-order valence-corrected chi connectivity index (χ2v) is 5.88. The summed E-state index contributed by atoms with van der Waals surface area (Å²) in [7, 11) is 0. The molecule has 3 rings (SSSR count). The zero-order valence-corrected chi connectivity index (χ0v) is 12.4. The van der Waals surface area contributed by atoms with Gasteiger partial charge in [0.2, 0.25) is 5.76 Å². The van der Waals surface area contributed by atoms with Crippen molar-refractivity contribution in [3.8, 4) is 0 Å². The quantitative estimate of drug-likeness (QED) is 0.932. The van der Waals surface area contributed by atoms with Crippen LogP contribution in [0.5, 0.6) is 0 Å². The molecule has 1 aromatic carbocycles. The number of carbonyl (C=O) groups is 1. The van der Waals surface area contributed by atoms with Crippen molar-refractivity contribution < 1.29 is 14.3 Å². The Bertz CT molecular complexity index is 651. The summed E-state index contributed by atoms with van der Waals surface area (Å²) in [5.41, 5.74) is 2.60. The number of hydrogen-bond acceptors (Lipinski definition) is 3. The Morgan fingerprint density at radius 1 is 1.24 bits per heavy atom. The smallest absolute Gasteiger partial charge is 0.372 e. The number of rotatable bonds is 3. The summed E-state index contributed by atoms with van der Waals surface area (Å²) < 4.78 is 5.41. The molecule has 0 aliphatic carbocycles. The summed E-state index contributed by atoms with van der Waals surface area (Å²) in [5, 5.41) is 10.0. The molecule has 1 aromatic heterocycles. The third-order valence-electron chi connectivity index (χ3n) is 4.30. The van der Waals surface area contributed by atoms with E-state index in [4.69, 9.17) is 9.52 Å². The summed E-state index contributed by atoms with van der Waals surface area (Å²) in [6.45, 7) is 5.06. The van der Waals surface area contributed by atoms with Crippen molar-refractivity contribution in [1.29, 1.82) is 0 Å². The minimum atomic E-state index is -1.00. The fourth-order valence-corrected chi connectivity index (χ4v) is 3.12. The van der Waals surface area contributed by atoms with Crippen molar-refractivity contribution in [3.05, 3.63) is 35.1 Å². The van der Waals surface area contributed by atoms with Gasteiger partial charge in [-0.05, 0) is 50.6 Å². The molecule has 2 aromatic rings. The van der Waals surface area contributed by atoms with Crippen molar-refractivity contribution in [2.24, 2.45) is 0 Å². The molecule has 1 fully saturated rings. The number of fused-ring (bicyclic) bond motifs is 1. The van der Waals surface area contributed by atoms with Gasteiger partial charge in [-0.25, -0.2) is 4.79 Å². The summed E-state index contributed by atoms with van der Waals surface area (Å²) in [6.07, 6.45) is 5.21.